The molecule has 4 rings (SSSR count). The summed E-state index contributed by atoms with van der Waals surface area (Å²) in [7, 11) is 1.63. The van der Waals surface area contributed by atoms with E-state index in [-0.39, 0.29) is 47.3 Å². The fraction of sp³-hybridized carbons (Fsp3) is 0.667. The largest absolute Gasteiger partial charge is 0.487 e. The van der Waals surface area contributed by atoms with Gasteiger partial charge in [-0.3, -0.25) is 19.9 Å². The molecular weight excluding hydrogens is 444 g/mol. The molecule has 3 N–H and O–H groups in total. The predicted molar refractivity (Wildman–Crippen MR) is 134 cm³/mol. The highest BCUT2D eigenvalue weighted by Crippen LogP contribution is 2.47. The number of nitrogens with zero attached hydrogens (tertiary/aromatic N) is 1. The molecule has 1 aromatic carbocycles. The van der Waals surface area contributed by atoms with Crippen molar-refractivity contribution in [3.63, 3.8) is 0 Å². The van der Waals surface area contributed by atoms with E-state index >= 15 is 0 Å². The number of guanidine groups is 1. The lowest BCUT2D eigenvalue weighted by Crippen LogP contribution is -2.63. The van der Waals surface area contributed by atoms with Crippen LogP contribution in [-0.4, -0.2) is 53.6 Å². The summed E-state index contributed by atoms with van der Waals surface area (Å²) in [4.78, 5) is 28.0. The van der Waals surface area contributed by atoms with Crippen molar-refractivity contribution >= 4 is 17.8 Å². The minimum Gasteiger partial charge on any atom is -0.487 e. The molecule has 2 heterocycles. The molecule has 1 aliphatic carbocycles. The molecule has 35 heavy (non-hydrogen) atoms. The van der Waals surface area contributed by atoms with Crippen molar-refractivity contribution < 1.29 is 19.1 Å². The fourth-order valence-electron chi connectivity index (χ4n) is 5.60. The number of hydrogen-bond acceptors (Lipinski definition) is 5. The van der Waals surface area contributed by atoms with E-state index in [0.29, 0.717) is 32.3 Å². The van der Waals surface area contributed by atoms with Gasteiger partial charge in [-0.2, -0.15) is 0 Å². The number of amides is 2. The Morgan fingerprint density at radius 1 is 1.29 bits per heavy atom. The van der Waals surface area contributed by atoms with Crippen molar-refractivity contribution in [2.75, 3.05) is 13.7 Å². The number of benzene rings is 1. The molecule has 2 aliphatic heterocycles. The van der Waals surface area contributed by atoms with Gasteiger partial charge in [0.25, 0.3) is 0 Å². The molecule has 8 nitrogen and oxygen atoms in total. The van der Waals surface area contributed by atoms with Crippen LogP contribution in [0.3, 0.4) is 0 Å². The van der Waals surface area contributed by atoms with Gasteiger partial charge in [-0.15, -0.1) is 0 Å². The molecule has 2 amide bonds. The first kappa shape index (κ1) is 25.5. The second-order valence-corrected chi connectivity index (χ2v) is 11.8. The van der Waals surface area contributed by atoms with Crippen LogP contribution < -0.4 is 15.4 Å². The van der Waals surface area contributed by atoms with Crippen LogP contribution in [0.25, 0.3) is 0 Å². The lowest BCUT2D eigenvalue weighted by molar-refractivity contribution is -0.133. The van der Waals surface area contributed by atoms with Gasteiger partial charge >= 0.3 is 0 Å². The second kappa shape index (κ2) is 9.12. The van der Waals surface area contributed by atoms with Crippen LogP contribution in [0.2, 0.25) is 0 Å². The van der Waals surface area contributed by atoms with Crippen LogP contribution in [0.5, 0.6) is 5.75 Å². The summed E-state index contributed by atoms with van der Waals surface area (Å²) in [6.45, 7) is 12.6. The van der Waals surface area contributed by atoms with E-state index in [0.717, 1.165) is 11.3 Å². The zero-order chi connectivity index (χ0) is 25.7. The first-order valence-electron chi connectivity index (χ1n) is 12.6. The van der Waals surface area contributed by atoms with Gasteiger partial charge in [0, 0.05) is 49.6 Å². The molecule has 0 spiro atoms. The second-order valence-electron chi connectivity index (χ2n) is 11.8. The Kier molecular flexibility index (Phi) is 6.64. The lowest BCUT2D eigenvalue weighted by atomic mass is 9.88. The van der Waals surface area contributed by atoms with Crippen LogP contribution in [0.4, 0.5) is 0 Å². The van der Waals surface area contributed by atoms with Gasteiger partial charge < -0.3 is 20.1 Å². The molecule has 1 aromatic rings. The highest BCUT2D eigenvalue weighted by molar-refractivity contribution is 5.99. The first-order valence-corrected chi connectivity index (χ1v) is 12.6. The average molecular weight is 485 g/mol. The minimum atomic E-state index is -0.448. The smallest absolute Gasteiger partial charge is 0.231 e. The van der Waals surface area contributed by atoms with E-state index < -0.39 is 5.54 Å². The molecule has 192 valence electrons. The van der Waals surface area contributed by atoms with Crippen molar-refractivity contribution in [3.05, 3.63) is 28.8 Å². The molecule has 2 fully saturated rings. The van der Waals surface area contributed by atoms with E-state index in [9.17, 15) is 9.59 Å². The maximum absolute atomic E-state index is 13.4. The number of methoxy groups -OCH3 is 1. The Hall–Kier alpha value is -2.61. The Morgan fingerprint density at radius 3 is 2.63 bits per heavy atom. The van der Waals surface area contributed by atoms with Crippen molar-refractivity contribution in [3.8, 4) is 5.75 Å². The Labute approximate surface area is 208 Å². The quantitative estimate of drug-likeness (QED) is 0.549. The molecule has 0 bridgehead atoms. The number of aryl methyl sites for hydroxylation is 2. The molecule has 4 atom stereocenters. The lowest BCUT2D eigenvalue weighted by Gasteiger charge is -2.42. The number of fused-ring (bicyclic) bond motifs is 1. The standard InChI is InChI=1S/C27H40N4O4/c1-15-10-19-20(13-27(5,6)35-22(19)11-16(15)2)29-24(33)18-12-17(18)21(8-9-34-7)31-23(32)14-26(3,4)30-25(31)28/h10-11,17-18,20-21H,8-9,12-14H2,1-7H3,(H2,28,30)(H,29,33)/t17-,18-,20-,21-/m1/s1. The highest BCUT2D eigenvalue weighted by Gasteiger charge is 2.53. The molecule has 0 aromatic heterocycles. The molecule has 1 saturated carbocycles. The number of ether oxygens (including phenoxy) is 2. The van der Waals surface area contributed by atoms with Crippen LogP contribution in [-0.2, 0) is 14.3 Å². The summed E-state index contributed by atoms with van der Waals surface area (Å²) >= 11 is 0. The number of carbonyl (C=O) groups is 2. The van der Waals surface area contributed by atoms with Crippen LogP contribution in [0, 0.1) is 31.1 Å². The van der Waals surface area contributed by atoms with Crippen LogP contribution in [0.15, 0.2) is 12.1 Å². The third-order valence-electron chi connectivity index (χ3n) is 7.58. The number of nitrogens with one attached hydrogen (secondary N) is 3. The first-order chi connectivity index (χ1) is 16.3. The monoisotopic (exact) mass is 484 g/mol. The normalized spacial score (nSPS) is 27.4. The van der Waals surface area contributed by atoms with E-state index in [1.54, 1.807) is 12.0 Å². The van der Waals surface area contributed by atoms with E-state index in [1.165, 1.54) is 11.1 Å². The third-order valence-corrected chi connectivity index (χ3v) is 7.58. The summed E-state index contributed by atoms with van der Waals surface area (Å²) in [6, 6.07) is 3.82. The fourth-order valence-corrected chi connectivity index (χ4v) is 5.60. The summed E-state index contributed by atoms with van der Waals surface area (Å²) in [5.74, 6) is 0.702. The van der Waals surface area contributed by atoms with Crippen LogP contribution in [0.1, 0.15) is 76.1 Å². The average Bonchev–Trinajstić information content (AvgIpc) is 3.51. The number of hydrogen-bond donors (Lipinski definition) is 3. The number of rotatable bonds is 7. The Morgan fingerprint density at radius 2 is 1.97 bits per heavy atom. The summed E-state index contributed by atoms with van der Waals surface area (Å²) in [6.07, 6.45) is 2.29. The minimum absolute atomic E-state index is 0.00420. The van der Waals surface area contributed by atoms with E-state index in [4.69, 9.17) is 14.9 Å². The Bertz CT molecular complexity index is 1010. The SMILES string of the molecule is COCC[C@H]([C@@H]1C[C@H]1C(=O)N[C@@H]1CC(C)(C)Oc2cc(C)c(C)cc21)N1C(=N)NC(C)(C)CC1=O. The summed E-state index contributed by atoms with van der Waals surface area (Å²) in [5.41, 5.74) is 2.53. The highest BCUT2D eigenvalue weighted by atomic mass is 16.5. The molecule has 1 saturated heterocycles. The zero-order valence-electron chi connectivity index (χ0n) is 22.1. The van der Waals surface area contributed by atoms with Crippen molar-refractivity contribution in [2.24, 2.45) is 11.8 Å². The van der Waals surface area contributed by atoms with Gasteiger partial charge in [0.15, 0.2) is 5.96 Å². The van der Waals surface area contributed by atoms with Gasteiger partial charge in [-0.25, -0.2) is 0 Å². The van der Waals surface area contributed by atoms with Gasteiger partial charge in [-0.05, 0) is 77.5 Å². The molecule has 0 unspecified atom stereocenters. The van der Waals surface area contributed by atoms with Crippen molar-refractivity contribution in [1.29, 1.82) is 5.41 Å². The third kappa shape index (κ3) is 5.32. The summed E-state index contributed by atoms with van der Waals surface area (Å²) < 4.78 is 11.5. The maximum atomic E-state index is 13.4. The van der Waals surface area contributed by atoms with Gasteiger partial charge in [0.2, 0.25) is 11.8 Å². The van der Waals surface area contributed by atoms with Gasteiger partial charge in [0.1, 0.15) is 11.4 Å². The Balaban J connectivity index is 1.50. The number of carbonyl (C=O) groups excluding carboxylic acids is 2. The molecular formula is C27H40N4O4. The molecule has 3 aliphatic rings. The van der Waals surface area contributed by atoms with E-state index in [1.807, 2.05) is 27.7 Å². The molecule has 0 radical (unpaired) electrons. The predicted octanol–water partition coefficient (Wildman–Crippen LogP) is 3.60. The zero-order valence-corrected chi connectivity index (χ0v) is 22.1. The van der Waals surface area contributed by atoms with E-state index in [2.05, 4.69) is 36.6 Å². The van der Waals surface area contributed by atoms with Crippen molar-refractivity contribution in [2.45, 2.75) is 90.4 Å². The van der Waals surface area contributed by atoms with Gasteiger partial charge in [0.05, 0.1) is 6.04 Å². The van der Waals surface area contributed by atoms with Crippen LogP contribution >= 0.6 is 0 Å². The van der Waals surface area contributed by atoms with Gasteiger partial charge in [-0.1, -0.05) is 6.07 Å². The van der Waals surface area contributed by atoms with Crippen molar-refractivity contribution in [1.82, 2.24) is 15.5 Å². The maximum Gasteiger partial charge on any atom is 0.231 e. The molecule has 8 heteroatoms. The topological polar surface area (TPSA) is 104 Å². The summed E-state index contributed by atoms with van der Waals surface area (Å²) in [5, 5.41) is 14.9.